The van der Waals surface area contributed by atoms with Crippen LogP contribution < -0.4 is 0 Å². The van der Waals surface area contributed by atoms with Crippen molar-refractivity contribution in [3.63, 3.8) is 0 Å². The first-order valence-electron chi connectivity index (χ1n) is 9.89. The zero-order valence-corrected chi connectivity index (χ0v) is 14.9. The first-order valence-corrected chi connectivity index (χ1v) is 9.89. The first kappa shape index (κ1) is 17.6. The number of rotatable bonds is 9. The summed E-state index contributed by atoms with van der Waals surface area (Å²) < 4.78 is 0. The lowest BCUT2D eigenvalue weighted by Gasteiger charge is -2.28. The summed E-state index contributed by atoms with van der Waals surface area (Å²) in [6.45, 7) is 4.57. The van der Waals surface area contributed by atoms with Gasteiger partial charge in [0, 0.05) is 0 Å². The van der Waals surface area contributed by atoms with Crippen LogP contribution in [0.1, 0.15) is 89.2 Å². The van der Waals surface area contributed by atoms with Crippen molar-refractivity contribution >= 4 is 0 Å². The van der Waals surface area contributed by atoms with E-state index in [0.29, 0.717) is 0 Å². The topological polar surface area (TPSA) is 0 Å². The van der Waals surface area contributed by atoms with Crippen molar-refractivity contribution in [3.8, 4) is 0 Å². The predicted octanol–water partition coefficient (Wildman–Crippen LogP) is 6.96. The molecular formula is C22H36. The molecule has 0 amide bonds. The van der Waals surface area contributed by atoms with E-state index >= 15 is 0 Å². The molecule has 124 valence electrons. The molecule has 0 heteroatoms. The summed E-state index contributed by atoms with van der Waals surface area (Å²) in [6, 6.07) is 9.40. The molecule has 0 nitrogen and oxygen atoms in total. The van der Waals surface area contributed by atoms with E-state index in [4.69, 9.17) is 0 Å². The highest BCUT2D eigenvalue weighted by molar-refractivity contribution is 5.22. The molecule has 0 heterocycles. The average molecular weight is 301 g/mol. The van der Waals surface area contributed by atoms with Gasteiger partial charge in [-0.15, -0.1) is 0 Å². The maximum atomic E-state index is 2.36. The number of hydrogen-bond acceptors (Lipinski definition) is 0. The van der Waals surface area contributed by atoms with E-state index < -0.39 is 0 Å². The zero-order valence-electron chi connectivity index (χ0n) is 14.9. The number of benzene rings is 1. The van der Waals surface area contributed by atoms with Gasteiger partial charge in [0.15, 0.2) is 0 Å². The van der Waals surface area contributed by atoms with Crippen LogP contribution in [0.2, 0.25) is 0 Å². The highest BCUT2D eigenvalue weighted by Gasteiger charge is 2.20. The fourth-order valence-electron chi connectivity index (χ4n) is 4.02. The molecule has 1 aromatic carbocycles. The van der Waals surface area contributed by atoms with Crippen molar-refractivity contribution in [2.24, 2.45) is 11.8 Å². The van der Waals surface area contributed by atoms with Crippen LogP contribution >= 0.6 is 0 Å². The third-order valence-corrected chi connectivity index (χ3v) is 5.59. The van der Waals surface area contributed by atoms with E-state index in [9.17, 15) is 0 Å². The lowest BCUT2D eigenvalue weighted by atomic mass is 9.78. The van der Waals surface area contributed by atoms with Crippen LogP contribution in [0.15, 0.2) is 24.3 Å². The molecule has 0 unspecified atom stereocenters. The fraction of sp³-hybridized carbons (Fsp3) is 0.727. The molecule has 0 aromatic heterocycles. The Labute approximate surface area is 138 Å². The van der Waals surface area contributed by atoms with Gasteiger partial charge in [-0.25, -0.2) is 0 Å². The Balaban J connectivity index is 1.64. The smallest absolute Gasteiger partial charge is 0.0276 e. The summed E-state index contributed by atoms with van der Waals surface area (Å²) in [6.07, 6.45) is 16.9. The SMILES string of the molecule is CCCCC[C@H]1CC[C@H](CCc2ccc(CCC)cc2)CC1. The molecule has 1 aromatic rings. The Morgan fingerprint density at radius 1 is 0.682 bits per heavy atom. The standard InChI is InChI=1S/C22H36/c1-3-5-6-8-20-11-15-22(16-12-20)18-17-21-13-9-19(7-4-2)10-14-21/h9-10,13-14,20,22H,3-8,11-12,15-18H2,1-2H3/t20-,22-. The third-order valence-electron chi connectivity index (χ3n) is 5.59. The van der Waals surface area contributed by atoms with Gasteiger partial charge in [-0.1, -0.05) is 95.9 Å². The molecule has 0 bridgehead atoms. The minimum Gasteiger partial charge on any atom is -0.0654 e. The zero-order chi connectivity index (χ0) is 15.6. The maximum Gasteiger partial charge on any atom is -0.0276 e. The Bertz CT molecular complexity index is 381. The van der Waals surface area contributed by atoms with E-state index in [1.165, 1.54) is 82.6 Å². The van der Waals surface area contributed by atoms with Crippen molar-refractivity contribution in [1.82, 2.24) is 0 Å². The first-order chi connectivity index (χ1) is 10.8. The predicted molar refractivity (Wildman–Crippen MR) is 98.3 cm³/mol. The van der Waals surface area contributed by atoms with Crippen molar-refractivity contribution < 1.29 is 0 Å². The van der Waals surface area contributed by atoms with Crippen molar-refractivity contribution in [2.75, 3.05) is 0 Å². The van der Waals surface area contributed by atoms with E-state index in [1.807, 2.05) is 0 Å². The van der Waals surface area contributed by atoms with Crippen molar-refractivity contribution in [1.29, 1.82) is 0 Å². The van der Waals surface area contributed by atoms with E-state index in [1.54, 1.807) is 5.56 Å². The van der Waals surface area contributed by atoms with Gasteiger partial charge in [-0.2, -0.15) is 0 Å². The monoisotopic (exact) mass is 300 g/mol. The molecule has 1 fully saturated rings. The van der Waals surface area contributed by atoms with Crippen LogP contribution in [-0.4, -0.2) is 0 Å². The van der Waals surface area contributed by atoms with Gasteiger partial charge in [-0.3, -0.25) is 0 Å². The highest BCUT2D eigenvalue weighted by Crippen LogP contribution is 2.34. The van der Waals surface area contributed by atoms with E-state index in [2.05, 4.69) is 38.1 Å². The van der Waals surface area contributed by atoms with Gasteiger partial charge < -0.3 is 0 Å². The number of unbranched alkanes of at least 4 members (excludes halogenated alkanes) is 2. The minimum atomic E-state index is 0.998. The summed E-state index contributed by atoms with van der Waals surface area (Å²) >= 11 is 0. The van der Waals surface area contributed by atoms with E-state index in [0.717, 1.165) is 11.8 Å². The van der Waals surface area contributed by atoms with Crippen LogP contribution in [0.5, 0.6) is 0 Å². The summed E-state index contributed by atoms with van der Waals surface area (Å²) in [4.78, 5) is 0. The summed E-state index contributed by atoms with van der Waals surface area (Å²) in [7, 11) is 0. The van der Waals surface area contributed by atoms with Gasteiger partial charge in [-0.05, 0) is 42.2 Å². The molecule has 2 rings (SSSR count). The number of hydrogen-bond donors (Lipinski definition) is 0. The fourth-order valence-corrected chi connectivity index (χ4v) is 4.02. The summed E-state index contributed by atoms with van der Waals surface area (Å²) in [5.41, 5.74) is 3.05. The molecule has 0 aliphatic heterocycles. The van der Waals surface area contributed by atoms with Crippen LogP contribution in [-0.2, 0) is 12.8 Å². The molecule has 0 N–H and O–H groups in total. The Morgan fingerprint density at radius 2 is 1.23 bits per heavy atom. The van der Waals surface area contributed by atoms with Gasteiger partial charge in [0.1, 0.15) is 0 Å². The van der Waals surface area contributed by atoms with E-state index in [-0.39, 0.29) is 0 Å². The summed E-state index contributed by atoms with van der Waals surface area (Å²) in [5.74, 6) is 2.05. The van der Waals surface area contributed by atoms with Gasteiger partial charge >= 0.3 is 0 Å². The second kappa shape index (κ2) is 10.1. The molecule has 22 heavy (non-hydrogen) atoms. The van der Waals surface area contributed by atoms with Crippen LogP contribution in [0, 0.1) is 11.8 Å². The Kier molecular flexibility index (Phi) is 8.05. The average Bonchev–Trinajstić information content (AvgIpc) is 2.56. The third kappa shape index (κ3) is 6.15. The Morgan fingerprint density at radius 3 is 1.77 bits per heavy atom. The molecular weight excluding hydrogens is 264 g/mol. The second-order valence-corrected chi connectivity index (χ2v) is 7.49. The van der Waals surface area contributed by atoms with Crippen LogP contribution in [0.25, 0.3) is 0 Å². The molecule has 0 atom stereocenters. The normalized spacial score (nSPS) is 21.9. The van der Waals surface area contributed by atoms with Crippen molar-refractivity contribution in [2.45, 2.75) is 90.9 Å². The van der Waals surface area contributed by atoms with Gasteiger partial charge in [0.2, 0.25) is 0 Å². The van der Waals surface area contributed by atoms with Gasteiger partial charge in [0.05, 0.1) is 0 Å². The molecule has 1 aliphatic rings. The van der Waals surface area contributed by atoms with Crippen molar-refractivity contribution in [3.05, 3.63) is 35.4 Å². The lowest BCUT2D eigenvalue weighted by molar-refractivity contribution is 0.249. The highest BCUT2D eigenvalue weighted by atomic mass is 14.3. The Hall–Kier alpha value is -0.780. The maximum absolute atomic E-state index is 2.36. The molecule has 1 saturated carbocycles. The molecule has 0 spiro atoms. The van der Waals surface area contributed by atoms with Crippen LogP contribution in [0.4, 0.5) is 0 Å². The second-order valence-electron chi connectivity index (χ2n) is 7.49. The van der Waals surface area contributed by atoms with Gasteiger partial charge in [0.25, 0.3) is 0 Å². The lowest BCUT2D eigenvalue weighted by Crippen LogP contribution is -2.15. The minimum absolute atomic E-state index is 0.998. The molecule has 0 saturated heterocycles. The largest absolute Gasteiger partial charge is 0.0654 e. The quantitative estimate of drug-likeness (QED) is 0.432. The number of aryl methyl sites for hydroxylation is 2. The molecule has 1 aliphatic carbocycles. The summed E-state index contributed by atoms with van der Waals surface area (Å²) in [5, 5.41) is 0. The molecule has 0 radical (unpaired) electrons. The van der Waals surface area contributed by atoms with Crippen LogP contribution in [0.3, 0.4) is 0 Å².